The molecule has 0 fully saturated rings. The fraction of sp³-hybridized carbons (Fsp3) is 0.182. The maximum Gasteiger partial charge on any atom is 0.261 e. The number of benzene rings is 2. The third-order valence-electron chi connectivity index (χ3n) is 4.99. The van der Waals surface area contributed by atoms with E-state index in [4.69, 9.17) is 0 Å². The van der Waals surface area contributed by atoms with Gasteiger partial charge in [0.25, 0.3) is 5.91 Å². The molecule has 0 unspecified atom stereocenters. The molecule has 0 bridgehead atoms. The predicted molar refractivity (Wildman–Crippen MR) is 106 cm³/mol. The van der Waals surface area contributed by atoms with Crippen LogP contribution in [0, 0.1) is 0 Å². The summed E-state index contributed by atoms with van der Waals surface area (Å²) in [6.07, 6.45) is 2.67. The summed E-state index contributed by atoms with van der Waals surface area (Å²) in [6, 6.07) is 18.6. The Labute approximate surface area is 158 Å². The summed E-state index contributed by atoms with van der Waals surface area (Å²) < 4.78 is 0. The monoisotopic (exact) mass is 359 g/mol. The standard InChI is InChI=1S/C22H21N3O2/c1-24(18-8-10-19(26)11-9-18)22(27)20-7-4-13-23-21(20)25-14-12-16-5-2-3-6-17(16)15-25/h2-11,13,26H,12,14-15H2,1H3. The molecule has 3 aromatic rings. The van der Waals surface area contributed by atoms with Crippen molar-refractivity contribution in [3.63, 3.8) is 0 Å². The number of pyridine rings is 1. The summed E-state index contributed by atoms with van der Waals surface area (Å²) in [7, 11) is 1.73. The number of hydrogen-bond donors (Lipinski definition) is 1. The number of phenolic OH excluding ortho intramolecular Hbond substituents is 1. The number of rotatable bonds is 3. The quantitative estimate of drug-likeness (QED) is 0.776. The van der Waals surface area contributed by atoms with Gasteiger partial charge in [-0.2, -0.15) is 0 Å². The van der Waals surface area contributed by atoms with Crippen molar-refractivity contribution in [2.24, 2.45) is 0 Å². The summed E-state index contributed by atoms with van der Waals surface area (Å²) in [4.78, 5) is 21.4. The lowest BCUT2D eigenvalue weighted by atomic mass is 9.99. The molecule has 0 saturated heterocycles. The highest BCUT2D eigenvalue weighted by Gasteiger charge is 2.24. The van der Waals surface area contributed by atoms with Crippen LogP contribution in [0.3, 0.4) is 0 Å². The maximum atomic E-state index is 13.1. The van der Waals surface area contributed by atoms with Gasteiger partial charge in [0.2, 0.25) is 0 Å². The van der Waals surface area contributed by atoms with Gasteiger partial charge in [-0.25, -0.2) is 4.98 Å². The molecular formula is C22H21N3O2. The molecule has 136 valence electrons. The molecular weight excluding hydrogens is 338 g/mol. The Morgan fingerprint density at radius 2 is 1.78 bits per heavy atom. The molecule has 27 heavy (non-hydrogen) atoms. The van der Waals surface area contributed by atoms with Crippen LogP contribution < -0.4 is 9.80 Å². The molecule has 2 aromatic carbocycles. The van der Waals surface area contributed by atoms with Crippen molar-refractivity contribution in [3.8, 4) is 5.75 Å². The number of phenols is 1. The van der Waals surface area contributed by atoms with Crippen molar-refractivity contribution < 1.29 is 9.90 Å². The van der Waals surface area contributed by atoms with Crippen LogP contribution in [0.25, 0.3) is 0 Å². The smallest absolute Gasteiger partial charge is 0.261 e. The van der Waals surface area contributed by atoms with E-state index in [-0.39, 0.29) is 11.7 Å². The molecule has 1 aromatic heterocycles. The van der Waals surface area contributed by atoms with Gasteiger partial charge in [-0.1, -0.05) is 24.3 Å². The van der Waals surface area contributed by atoms with Gasteiger partial charge < -0.3 is 14.9 Å². The van der Waals surface area contributed by atoms with Crippen molar-refractivity contribution in [2.75, 3.05) is 23.4 Å². The first-order chi connectivity index (χ1) is 13.1. The van der Waals surface area contributed by atoms with Crippen LogP contribution in [0.15, 0.2) is 66.9 Å². The van der Waals surface area contributed by atoms with E-state index in [9.17, 15) is 9.90 Å². The normalized spacial score (nSPS) is 13.1. The molecule has 1 N–H and O–H groups in total. The van der Waals surface area contributed by atoms with E-state index < -0.39 is 0 Å². The second-order valence-corrected chi connectivity index (χ2v) is 6.70. The predicted octanol–water partition coefficient (Wildman–Crippen LogP) is 3.63. The maximum absolute atomic E-state index is 13.1. The summed E-state index contributed by atoms with van der Waals surface area (Å²) in [5.41, 5.74) is 3.93. The highest BCUT2D eigenvalue weighted by molar-refractivity contribution is 6.08. The number of anilines is 2. The van der Waals surface area contributed by atoms with E-state index >= 15 is 0 Å². The summed E-state index contributed by atoms with van der Waals surface area (Å²) >= 11 is 0. The fourth-order valence-electron chi connectivity index (χ4n) is 3.47. The average molecular weight is 359 g/mol. The Hall–Kier alpha value is -3.34. The van der Waals surface area contributed by atoms with Gasteiger partial charge >= 0.3 is 0 Å². The first-order valence-corrected chi connectivity index (χ1v) is 8.97. The third-order valence-corrected chi connectivity index (χ3v) is 4.99. The highest BCUT2D eigenvalue weighted by atomic mass is 16.3. The van der Waals surface area contributed by atoms with Gasteiger partial charge in [-0.3, -0.25) is 4.79 Å². The largest absolute Gasteiger partial charge is 0.508 e. The molecule has 5 heteroatoms. The summed E-state index contributed by atoms with van der Waals surface area (Å²) in [5.74, 6) is 0.763. The minimum atomic E-state index is -0.123. The Kier molecular flexibility index (Phi) is 4.50. The van der Waals surface area contributed by atoms with Gasteiger partial charge in [0.05, 0.1) is 5.56 Å². The van der Waals surface area contributed by atoms with E-state index in [1.807, 2.05) is 12.1 Å². The van der Waals surface area contributed by atoms with Gasteiger partial charge in [-0.15, -0.1) is 0 Å². The van der Waals surface area contributed by atoms with Crippen molar-refractivity contribution in [2.45, 2.75) is 13.0 Å². The van der Waals surface area contributed by atoms with Crippen LogP contribution >= 0.6 is 0 Å². The van der Waals surface area contributed by atoms with Gasteiger partial charge in [0.1, 0.15) is 11.6 Å². The minimum Gasteiger partial charge on any atom is -0.508 e. The SMILES string of the molecule is CN(C(=O)c1cccnc1N1CCc2ccccc2C1)c1ccc(O)cc1. The van der Waals surface area contributed by atoms with Gasteiger partial charge in [0, 0.05) is 32.0 Å². The van der Waals surface area contributed by atoms with E-state index in [1.165, 1.54) is 11.1 Å². The number of hydrogen-bond acceptors (Lipinski definition) is 4. The second kappa shape index (κ2) is 7.11. The summed E-state index contributed by atoms with van der Waals surface area (Å²) in [6.45, 7) is 1.58. The van der Waals surface area contributed by atoms with Gasteiger partial charge in [0.15, 0.2) is 0 Å². The highest BCUT2D eigenvalue weighted by Crippen LogP contribution is 2.27. The van der Waals surface area contributed by atoms with Gasteiger partial charge in [-0.05, 0) is 53.9 Å². The zero-order chi connectivity index (χ0) is 18.8. The Morgan fingerprint density at radius 1 is 1.04 bits per heavy atom. The van der Waals surface area contributed by atoms with Crippen molar-refractivity contribution >= 4 is 17.4 Å². The van der Waals surface area contributed by atoms with Crippen LogP contribution in [0.1, 0.15) is 21.5 Å². The van der Waals surface area contributed by atoms with Crippen LogP contribution in [0.5, 0.6) is 5.75 Å². The average Bonchev–Trinajstić information content (AvgIpc) is 2.73. The number of amides is 1. The van der Waals surface area contributed by atoms with E-state index in [1.54, 1.807) is 48.5 Å². The van der Waals surface area contributed by atoms with Crippen molar-refractivity contribution in [3.05, 3.63) is 83.6 Å². The van der Waals surface area contributed by atoms with Crippen molar-refractivity contribution in [1.29, 1.82) is 0 Å². The number of carbonyl (C=O) groups is 1. The zero-order valence-electron chi connectivity index (χ0n) is 15.2. The number of fused-ring (bicyclic) bond motifs is 1. The molecule has 0 radical (unpaired) electrons. The molecule has 1 aliphatic rings. The lowest BCUT2D eigenvalue weighted by molar-refractivity contribution is 0.0993. The first kappa shape index (κ1) is 17.1. The van der Waals surface area contributed by atoms with Crippen LogP contribution in [0.2, 0.25) is 0 Å². The molecule has 1 aliphatic heterocycles. The van der Waals surface area contributed by atoms with Crippen molar-refractivity contribution in [1.82, 2.24) is 4.98 Å². The van der Waals surface area contributed by atoms with E-state index in [0.717, 1.165) is 25.2 Å². The topological polar surface area (TPSA) is 56.7 Å². The van der Waals surface area contributed by atoms with E-state index in [0.29, 0.717) is 11.4 Å². The molecule has 0 atom stereocenters. The van der Waals surface area contributed by atoms with Crippen LogP contribution in [-0.2, 0) is 13.0 Å². The molecule has 2 heterocycles. The zero-order valence-corrected chi connectivity index (χ0v) is 15.2. The Bertz CT molecular complexity index is 969. The number of aromatic hydroxyl groups is 1. The number of nitrogens with zero attached hydrogens (tertiary/aromatic N) is 3. The Morgan fingerprint density at radius 3 is 2.56 bits per heavy atom. The first-order valence-electron chi connectivity index (χ1n) is 8.97. The molecule has 0 saturated carbocycles. The summed E-state index contributed by atoms with van der Waals surface area (Å²) in [5, 5.41) is 9.47. The van der Waals surface area contributed by atoms with E-state index in [2.05, 4.69) is 28.1 Å². The second-order valence-electron chi connectivity index (χ2n) is 6.70. The Balaban J connectivity index is 1.63. The molecule has 1 amide bonds. The molecule has 0 aliphatic carbocycles. The van der Waals surface area contributed by atoms with Crippen LogP contribution in [-0.4, -0.2) is 29.6 Å². The molecule has 5 nitrogen and oxygen atoms in total. The lowest BCUT2D eigenvalue weighted by Gasteiger charge is -2.31. The lowest BCUT2D eigenvalue weighted by Crippen LogP contribution is -2.34. The minimum absolute atomic E-state index is 0.123. The third kappa shape index (κ3) is 3.36. The number of aromatic nitrogens is 1. The molecule has 4 rings (SSSR count). The van der Waals surface area contributed by atoms with Crippen LogP contribution in [0.4, 0.5) is 11.5 Å². The number of carbonyl (C=O) groups excluding carboxylic acids is 1. The fourth-order valence-corrected chi connectivity index (χ4v) is 3.47. The molecule has 0 spiro atoms.